The van der Waals surface area contributed by atoms with E-state index in [1.54, 1.807) is 30.3 Å². The first-order chi connectivity index (χ1) is 14.9. The number of benzene rings is 3. The summed E-state index contributed by atoms with van der Waals surface area (Å²) in [5.74, 6) is -1.30. The minimum absolute atomic E-state index is 0.260. The van der Waals surface area contributed by atoms with E-state index in [1.807, 2.05) is 62.4 Å². The van der Waals surface area contributed by atoms with Crippen molar-refractivity contribution in [3.63, 3.8) is 0 Å². The fourth-order valence-electron chi connectivity index (χ4n) is 3.23. The second-order valence-corrected chi connectivity index (χ2v) is 7.43. The molecule has 0 heterocycles. The minimum atomic E-state index is -0.915. The standard InChI is InChI=1S/C26H25NO4/c1-18-13-14-19(2)22(15-18)24(28)17-31-26(30)23(16-20-9-5-3-6-10-20)27-25(29)21-11-7-4-8-12-21/h3-15,23H,16-17H2,1-2H3,(H,27,29)/t23-/m1/s1. The number of aryl methyl sites for hydroxylation is 2. The lowest BCUT2D eigenvalue weighted by molar-refractivity contribution is -0.144. The summed E-state index contributed by atoms with van der Waals surface area (Å²) in [6.45, 7) is 3.36. The van der Waals surface area contributed by atoms with Crippen LogP contribution in [0.5, 0.6) is 0 Å². The molecule has 1 atom stereocenters. The lowest BCUT2D eigenvalue weighted by Gasteiger charge is -2.18. The van der Waals surface area contributed by atoms with Gasteiger partial charge in [-0.15, -0.1) is 0 Å². The lowest BCUT2D eigenvalue weighted by atomic mass is 10.0. The van der Waals surface area contributed by atoms with Gasteiger partial charge in [0.1, 0.15) is 6.04 Å². The molecule has 0 aliphatic carbocycles. The molecule has 3 aromatic rings. The van der Waals surface area contributed by atoms with Crippen LogP contribution in [0.25, 0.3) is 0 Å². The van der Waals surface area contributed by atoms with Crippen LogP contribution in [-0.4, -0.2) is 30.3 Å². The number of amides is 1. The molecule has 1 amide bonds. The Morgan fingerprint density at radius 3 is 2.19 bits per heavy atom. The first kappa shape index (κ1) is 22.0. The van der Waals surface area contributed by atoms with Crippen LogP contribution >= 0.6 is 0 Å². The van der Waals surface area contributed by atoms with E-state index in [1.165, 1.54) is 0 Å². The number of ketones is 1. The van der Waals surface area contributed by atoms with Crippen LogP contribution in [0.15, 0.2) is 78.9 Å². The van der Waals surface area contributed by atoms with E-state index in [0.29, 0.717) is 11.1 Å². The fourth-order valence-corrected chi connectivity index (χ4v) is 3.23. The molecule has 0 fully saturated rings. The minimum Gasteiger partial charge on any atom is -0.456 e. The van der Waals surface area contributed by atoms with Gasteiger partial charge in [0.15, 0.2) is 6.61 Å². The van der Waals surface area contributed by atoms with Gasteiger partial charge in [-0.05, 0) is 43.2 Å². The number of rotatable bonds is 8. The number of carbonyl (C=O) groups is 3. The van der Waals surface area contributed by atoms with Crippen molar-refractivity contribution < 1.29 is 19.1 Å². The van der Waals surface area contributed by atoms with Gasteiger partial charge in [-0.25, -0.2) is 4.79 Å². The molecule has 3 aromatic carbocycles. The van der Waals surface area contributed by atoms with Gasteiger partial charge in [-0.3, -0.25) is 9.59 Å². The van der Waals surface area contributed by atoms with Crippen molar-refractivity contribution in [1.29, 1.82) is 0 Å². The average Bonchev–Trinajstić information content (AvgIpc) is 2.79. The van der Waals surface area contributed by atoms with Gasteiger partial charge >= 0.3 is 5.97 Å². The van der Waals surface area contributed by atoms with Crippen molar-refractivity contribution in [3.8, 4) is 0 Å². The lowest BCUT2D eigenvalue weighted by Crippen LogP contribution is -2.43. The summed E-state index contributed by atoms with van der Waals surface area (Å²) >= 11 is 0. The first-order valence-electron chi connectivity index (χ1n) is 10.1. The van der Waals surface area contributed by atoms with E-state index in [0.717, 1.165) is 16.7 Å². The van der Waals surface area contributed by atoms with Crippen molar-refractivity contribution in [2.45, 2.75) is 26.3 Å². The Hall–Kier alpha value is -3.73. The molecule has 5 nitrogen and oxygen atoms in total. The molecule has 1 N–H and O–H groups in total. The highest BCUT2D eigenvalue weighted by molar-refractivity contribution is 6.00. The molecule has 3 rings (SSSR count). The number of hydrogen-bond acceptors (Lipinski definition) is 4. The second kappa shape index (κ2) is 10.3. The zero-order chi connectivity index (χ0) is 22.2. The van der Waals surface area contributed by atoms with Gasteiger partial charge in [-0.1, -0.05) is 66.2 Å². The number of Topliss-reactive ketones (excluding diaryl/α,β-unsaturated/α-hetero) is 1. The number of carbonyl (C=O) groups excluding carboxylic acids is 3. The predicted molar refractivity (Wildman–Crippen MR) is 119 cm³/mol. The van der Waals surface area contributed by atoms with E-state index in [-0.39, 0.29) is 24.7 Å². The Bertz CT molecular complexity index is 1060. The maximum atomic E-state index is 12.8. The number of esters is 1. The third kappa shape index (κ3) is 6.12. The Morgan fingerprint density at radius 2 is 1.52 bits per heavy atom. The van der Waals surface area contributed by atoms with Gasteiger partial charge in [0.25, 0.3) is 5.91 Å². The summed E-state index contributed by atoms with van der Waals surface area (Å²) < 4.78 is 5.32. The summed E-state index contributed by atoms with van der Waals surface area (Å²) in [5, 5.41) is 2.74. The van der Waals surface area contributed by atoms with Crippen LogP contribution < -0.4 is 5.32 Å². The Morgan fingerprint density at radius 1 is 0.871 bits per heavy atom. The molecule has 0 aliphatic heterocycles. The van der Waals surface area contributed by atoms with Crippen LogP contribution in [-0.2, 0) is 16.0 Å². The number of nitrogens with one attached hydrogen (secondary N) is 1. The molecule has 0 bridgehead atoms. The van der Waals surface area contributed by atoms with E-state index >= 15 is 0 Å². The summed E-state index contributed by atoms with van der Waals surface area (Å²) in [6.07, 6.45) is 0.260. The van der Waals surface area contributed by atoms with Crippen molar-refractivity contribution >= 4 is 17.7 Å². The van der Waals surface area contributed by atoms with Crippen LogP contribution in [0.4, 0.5) is 0 Å². The maximum Gasteiger partial charge on any atom is 0.329 e. The Kier molecular flexibility index (Phi) is 7.33. The molecular formula is C26H25NO4. The summed E-state index contributed by atoms with van der Waals surface area (Å²) in [4.78, 5) is 38.0. The topological polar surface area (TPSA) is 72.5 Å². The molecule has 0 aromatic heterocycles. The molecular weight excluding hydrogens is 390 g/mol. The zero-order valence-corrected chi connectivity index (χ0v) is 17.6. The number of hydrogen-bond donors (Lipinski definition) is 1. The SMILES string of the molecule is Cc1ccc(C)c(C(=O)COC(=O)[C@@H](Cc2ccccc2)NC(=O)c2ccccc2)c1. The summed E-state index contributed by atoms with van der Waals surface area (Å²) in [5.41, 5.74) is 3.63. The summed E-state index contributed by atoms with van der Waals surface area (Å²) in [6, 6.07) is 22.7. The van der Waals surface area contributed by atoms with Gasteiger partial charge in [0.2, 0.25) is 5.78 Å². The fraction of sp³-hybridized carbons (Fsp3) is 0.192. The normalized spacial score (nSPS) is 11.4. The van der Waals surface area contributed by atoms with Gasteiger partial charge in [0.05, 0.1) is 0 Å². The zero-order valence-electron chi connectivity index (χ0n) is 17.6. The van der Waals surface area contributed by atoms with E-state index in [9.17, 15) is 14.4 Å². The third-order valence-corrected chi connectivity index (χ3v) is 4.95. The monoisotopic (exact) mass is 415 g/mol. The Balaban J connectivity index is 1.71. The molecule has 5 heteroatoms. The van der Waals surface area contributed by atoms with E-state index in [4.69, 9.17) is 4.74 Å². The quantitative estimate of drug-likeness (QED) is 0.445. The highest BCUT2D eigenvalue weighted by Gasteiger charge is 2.24. The first-order valence-corrected chi connectivity index (χ1v) is 10.1. The van der Waals surface area contributed by atoms with Crippen LogP contribution in [0.3, 0.4) is 0 Å². The van der Waals surface area contributed by atoms with Gasteiger partial charge < -0.3 is 10.1 Å². The van der Waals surface area contributed by atoms with Crippen molar-refractivity contribution in [2.75, 3.05) is 6.61 Å². The number of ether oxygens (including phenoxy) is 1. The van der Waals surface area contributed by atoms with Crippen LogP contribution in [0.1, 0.15) is 37.4 Å². The largest absolute Gasteiger partial charge is 0.456 e. The van der Waals surface area contributed by atoms with Gasteiger partial charge in [0, 0.05) is 17.5 Å². The van der Waals surface area contributed by atoms with Crippen molar-refractivity contribution in [3.05, 3.63) is 107 Å². The predicted octanol–water partition coefficient (Wildman–Crippen LogP) is 4.07. The van der Waals surface area contributed by atoms with Crippen molar-refractivity contribution in [1.82, 2.24) is 5.32 Å². The molecule has 0 radical (unpaired) electrons. The van der Waals surface area contributed by atoms with Gasteiger partial charge in [-0.2, -0.15) is 0 Å². The molecule has 31 heavy (non-hydrogen) atoms. The molecule has 0 spiro atoms. The maximum absolute atomic E-state index is 12.8. The second-order valence-electron chi connectivity index (χ2n) is 7.43. The van der Waals surface area contributed by atoms with Crippen molar-refractivity contribution in [2.24, 2.45) is 0 Å². The third-order valence-electron chi connectivity index (χ3n) is 4.95. The van der Waals surface area contributed by atoms with Crippen LogP contribution in [0.2, 0.25) is 0 Å². The molecule has 0 aliphatic rings. The molecule has 158 valence electrons. The highest BCUT2D eigenvalue weighted by Crippen LogP contribution is 2.12. The van der Waals surface area contributed by atoms with E-state index in [2.05, 4.69) is 5.32 Å². The molecule has 0 saturated carbocycles. The Labute approximate surface area is 182 Å². The smallest absolute Gasteiger partial charge is 0.329 e. The molecule has 0 saturated heterocycles. The summed E-state index contributed by atoms with van der Waals surface area (Å²) in [7, 11) is 0. The highest BCUT2D eigenvalue weighted by atomic mass is 16.5. The average molecular weight is 415 g/mol. The molecule has 0 unspecified atom stereocenters. The van der Waals surface area contributed by atoms with E-state index < -0.39 is 12.0 Å². The van der Waals surface area contributed by atoms with Crippen LogP contribution in [0, 0.1) is 13.8 Å².